The monoisotopic (exact) mass is 411 g/mol. The summed E-state index contributed by atoms with van der Waals surface area (Å²) in [4.78, 5) is 9.23. The van der Waals surface area contributed by atoms with Crippen LogP contribution < -0.4 is 5.32 Å². The van der Waals surface area contributed by atoms with Crippen LogP contribution in [0.5, 0.6) is 0 Å². The molecule has 0 aliphatic carbocycles. The smallest absolute Gasteiger partial charge is 0.143 e. The van der Waals surface area contributed by atoms with E-state index in [1.54, 1.807) is 17.3 Å². The number of aromatic nitrogens is 6. The fraction of sp³-hybridized carbons (Fsp3) is 0.174. The lowest BCUT2D eigenvalue weighted by Gasteiger charge is -2.17. The highest BCUT2D eigenvalue weighted by Gasteiger charge is 2.12. The van der Waals surface area contributed by atoms with E-state index in [4.69, 9.17) is 4.42 Å². The predicted octanol–water partition coefficient (Wildman–Crippen LogP) is 4.66. The SMILES string of the molecule is Cc1nc(NC(C)c2cccc(-n3cnnn3)c2)cc(-c2ccc3occ(C)c3c2)n1. The third kappa shape index (κ3) is 3.75. The molecular weight excluding hydrogens is 390 g/mol. The van der Waals surface area contributed by atoms with Gasteiger partial charge < -0.3 is 9.73 Å². The molecule has 3 heterocycles. The van der Waals surface area contributed by atoms with E-state index >= 15 is 0 Å². The number of hydrogen-bond donors (Lipinski definition) is 1. The molecule has 0 spiro atoms. The molecule has 0 saturated heterocycles. The number of anilines is 1. The summed E-state index contributed by atoms with van der Waals surface area (Å²) in [6.07, 6.45) is 3.35. The topological polar surface area (TPSA) is 94.6 Å². The van der Waals surface area contributed by atoms with Gasteiger partial charge in [-0.3, -0.25) is 0 Å². The summed E-state index contributed by atoms with van der Waals surface area (Å²) in [5, 5.41) is 16.0. The Labute approximate surface area is 179 Å². The van der Waals surface area contributed by atoms with Crippen molar-refractivity contribution < 1.29 is 4.42 Å². The maximum absolute atomic E-state index is 5.57. The number of nitrogens with one attached hydrogen (secondary N) is 1. The minimum atomic E-state index is 0.0252. The average molecular weight is 411 g/mol. The molecule has 0 aliphatic heterocycles. The Morgan fingerprint density at radius 2 is 1.94 bits per heavy atom. The number of fused-ring (bicyclic) bond motifs is 1. The molecule has 31 heavy (non-hydrogen) atoms. The zero-order valence-corrected chi connectivity index (χ0v) is 17.4. The van der Waals surface area contributed by atoms with Gasteiger partial charge in [0.1, 0.15) is 23.6 Å². The van der Waals surface area contributed by atoms with Gasteiger partial charge in [0, 0.05) is 17.0 Å². The summed E-state index contributed by atoms with van der Waals surface area (Å²) in [6.45, 7) is 6.04. The van der Waals surface area contributed by atoms with Crippen molar-refractivity contribution in [2.75, 3.05) is 5.32 Å². The Morgan fingerprint density at radius 1 is 1.03 bits per heavy atom. The van der Waals surface area contributed by atoms with Crippen LogP contribution in [-0.2, 0) is 0 Å². The number of benzene rings is 2. The van der Waals surface area contributed by atoms with Crippen molar-refractivity contribution in [3.8, 4) is 16.9 Å². The molecule has 0 aliphatic rings. The van der Waals surface area contributed by atoms with Gasteiger partial charge in [-0.2, -0.15) is 0 Å². The first-order chi connectivity index (χ1) is 15.1. The minimum absolute atomic E-state index is 0.0252. The van der Waals surface area contributed by atoms with Gasteiger partial charge in [0.15, 0.2) is 0 Å². The molecular formula is C23H21N7O. The number of tetrazole rings is 1. The lowest BCUT2D eigenvalue weighted by Crippen LogP contribution is -2.10. The zero-order chi connectivity index (χ0) is 21.4. The van der Waals surface area contributed by atoms with Gasteiger partial charge in [-0.1, -0.05) is 12.1 Å². The molecule has 8 nitrogen and oxygen atoms in total. The van der Waals surface area contributed by atoms with Crippen LogP contribution in [0.1, 0.15) is 29.9 Å². The molecule has 5 aromatic rings. The highest BCUT2D eigenvalue weighted by atomic mass is 16.3. The van der Waals surface area contributed by atoms with Gasteiger partial charge in [-0.25, -0.2) is 14.6 Å². The van der Waals surface area contributed by atoms with Crippen molar-refractivity contribution in [3.63, 3.8) is 0 Å². The number of rotatable bonds is 5. The number of nitrogens with zero attached hydrogens (tertiary/aromatic N) is 6. The van der Waals surface area contributed by atoms with Gasteiger partial charge in [-0.15, -0.1) is 5.10 Å². The molecule has 1 atom stereocenters. The Hall–Kier alpha value is -4.07. The second-order valence-corrected chi connectivity index (χ2v) is 7.53. The van der Waals surface area contributed by atoms with Gasteiger partial charge >= 0.3 is 0 Å². The summed E-state index contributed by atoms with van der Waals surface area (Å²) in [7, 11) is 0. The predicted molar refractivity (Wildman–Crippen MR) is 118 cm³/mol. The molecule has 0 saturated carbocycles. The van der Waals surface area contributed by atoms with Crippen molar-refractivity contribution in [2.45, 2.75) is 26.8 Å². The molecule has 5 rings (SSSR count). The molecule has 0 radical (unpaired) electrons. The zero-order valence-electron chi connectivity index (χ0n) is 17.4. The summed E-state index contributed by atoms with van der Waals surface area (Å²) < 4.78 is 7.20. The van der Waals surface area contributed by atoms with Crippen molar-refractivity contribution >= 4 is 16.8 Å². The fourth-order valence-corrected chi connectivity index (χ4v) is 3.63. The maximum Gasteiger partial charge on any atom is 0.143 e. The Balaban J connectivity index is 1.44. The van der Waals surface area contributed by atoms with Crippen LogP contribution in [0.15, 0.2) is 65.5 Å². The molecule has 0 fully saturated rings. The van der Waals surface area contributed by atoms with E-state index in [1.165, 1.54) is 0 Å². The second kappa shape index (κ2) is 7.64. The van der Waals surface area contributed by atoms with Crippen molar-refractivity contribution in [1.82, 2.24) is 30.2 Å². The van der Waals surface area contributed by atoms with Crippen LogP contribution in [0.2, 0.25) is 0 Å². The van der Waals surface area contributed by atoms with Gasteiger partial charge in [0.05, 0.1) is 23.7 Å². The van der Waals surface area contributed by atoms with Crippen LogP contribution in [0.25, 0.3) is 27.9 Å². The molecule has 154 valence electrons. The highest BCUT2D eigenvalue weighted by Crippen LogP contribution is 2.28. The van der Waals surface area contributed by atoms with Gasteiger partial charge in [0.25, 0.3) is 0 Å². The third-order valence-electron chi connectivity index (χ3n) is 5.25. The standard InChI is InChI=1S/C23H21N7O/c1-14-12-31-22-8-7-18(10-20(14)22)21-11-23(27-16(3)26-21)25-15(2)17-5-4-6-19(9-17)30-13-24-28-29-30/h4-13,15H,1-3H3,(H,25,26,27). The van der Waals surface area contributed by atoms with Crippen LogP contribution in [0.3, 0.4) is 0 Å². The Kier molecular flexibility index (Phi) is 4.66. The molecule has 8 heteroatoms. The summed E-state index contributed by atoms with van der Waals surface area (Å²) in [6, 6.07) is 16.2. The largest absolute Gasteiger partial charge is 0.464 e. The summed E-state index contributed by atoms with van der Waals surface area (Å²) >= 11 is 0. The van der Waals surface area contributed by atoms with E-state index in [-0.39, 0.29) is 6.04 Å². The van der Waals surface area contributed by atoms with Crippen LogP contribution in [-0.4, -0.2) is 30.2 Å². The van der Waals surface area contributed by atoms with E-state index in [2.05, 4.69) is 55.9 Å². The van der Waals surface area contributed by atoms with Crippen LogP contribution in [0.4, 0.5) is 5.82 Å². The first kappa shape index (κ1) is 18.9. The van der Waals surface area contributed by atoms with Crippen LogP contribution >= 0.6 is 0 Å². The van der Waals surface area contributed by atoms with Crippen LogP contribution in [0, 0.1) is 13.8 Å². The molecule has 1 unspecified atom stereocenters. The van der Waals surface area contributed by atoms with Crippen molar-refractivity contribution in [3.05, 3.63) is 78.1 Å². The lowest BCUT2D eigenvalue weighted by molar-refractivity contribution is 0.613. The van der Waals surface area contributed by atoms with E-state index in [0.717, 1.165) is 44.9 Å². The first-order valence-electron chi connectivity index (χ1n) is 10.0. The van der Waals surface area contributed by atoms with Crippen molar-refractivity contribution in [2.24, 2.45) is 0 Å². The molecule has 2 aromatic carbocycles. The number of furan rings is 1. The number of hydrogen-bond acceptors (Lipinski definition) is 7. The quantitative estimate of drug-likeness (QED) is 0.449. The molecule has 3 aromatic heterocycles. The molecule has 0 bridgehead atoms. The van der Waals surface area contributed by atoms with E-state index in [0.29, 0.717) is 5.82 Å². The van der Waals surface area contributed by atoms with Gasteiger partial charge in [0.2, 0.25) is 0 Å². The normalized spacial score (nSPS) is 12.2. The first-order valence-corrected chi connectivity index (χ1v) is 10.0. The summed E-state index contributed by atoms with van der Waals surface area (Å²) in [5.41, 5.74) is 5.88. The Morgan fingerprint density at radius 3 is 2.77 bits per heavy atom. The minimum Gasteiger partial charge on any atom is -0.464 e. The molecule has 1 N–H and O–H groups in total. The fourth-order valence-electron chi connectivity index (χ4n) is 3.63. The van der Waals surface area contributed by atoms with Crippen molar-refractivity contribution in [1.29, 1.82) is 0 Å². The summed E-state index contributed by atoms with van der Waals surface area (Å²) in [5.74, 6) is 1.48. The maximum atomic E-state index is 5.57. The lowest BCUT2D eigenvalue weighted by atomic mass is 10.1. The molecule has 0 amide bonds. The second-order valence-electron chi connectivity index (χ2n) is 7.53. The Bertz CT molecular complexity index is 1360. The average Bonchev–Trinajstić information content (AvgIpc) is 3.44. The highest BCUT2D eigenvalue weighted by molar-refractivity contribution is 5.85. The van der Waals surface area contributed by atoms with E-state index in [9.17, 15) is 0 Å². The third-order valence-corrected chi connectivity index (χ3v) is 5.25. The van der Waals surface area contributed by atoms with E-state index < -0.39 is 0 Å². The van der Waals surface area contributed by atoms with E-state index in [1.807, 2.05) is 44.2 Å². The van der Waals surface area contributed by atoms with Gasteiger partial charge in [-0.05, 0) is 72.7 Å². The number of aryl methyl sites for hydroxylation is 2.